The molecule has 0 heterocycles. The molecule has 0 aliphatic carbocycles. The molecule has 0 unspecified atom stereocenters. The van der Waals surface area contributed by atoms with Crippen LogP contribution >= 0.6 is 0 Å². The number of ether oxygens (including phenoxy) is 4. The Kier molecular flexibility index (Phi) is 21.1. The Labute approximate surface area is 183 Å². The van der Waals surface area contributed by atoms with Gasteiger partial charge in [0.25, 0.3) is 0 Å². The van der Waals surface area contributed by atoms with E-state index in [9.17, 15) is 19.2 Å². The van der Waals surface area contributed by atoms with Crippen LogP contribution in [0, 0.1) is 10.8 Å². The Morgan fingerprint density at radius 1 is 0.700 bits per heavy atom. The Hall–Kier alpha value is -1.96. The van der Waals surface area contributed by atoms with E-state index in [1.54, 1.807) is 34.6 Å². The summed E-state index contributed by atoms with van der Waals surface area (Å²) < 4.78 is 19.1. The van der Waals surface area contributed by atoms with E-state index in [4.69, 9.17) is 14.2 Å². The van der Waals surface area contributed by atoms with Crippen LogP contribution in [0.15, 0.2) is 0 Å². The highest BCUT2D eigenvalue weighted by Gasteiger charge is 2.27. The molecule has 8 heteroatoms. The molecule has 180 valence electrons. The fraction of sp³-hybridized carbons (Fsp3) is 0.818. The van der Waals surface area contributed by atoms with Gasteiger partial charge in [-0.2, -0.15) is 0 Å². The molecule has 0 aliphatic heterocycles. The van der Waals surface area contributed by atoms with Gasteiger partial charge in [0.15, 0.2) is 12.6 Å². The Bertz CT molecular complexity index is 509. The van der Waals surface area contributed by atoms with E-state index in [0.29, 0.717) is 12.8 Å². The van der Waals surface area contributed by atoms with E-state index in [1.165, 1.54) is 6.92 Å². The van der Waals surface area contributed by atoms with Gasteiger partial charge >= 0.3 is 17.9 Å². The predicted octanol–water partition coefficient (Wildman–Crippen LogP) is 4.68. The second-order valence-corrected chi connectivity index (χ2v) is 7.49. The molecule has 0 spiro atoms. The minimum Gasteiger partial charge on any atom is -0.438 e. The van der Waals surface area contributed by atoms with E-state index in [2.05, 4.69) is 4.74 Å². The van der Waals surface area contributed by atoms with Gasteiger partial charge in [0.05, 0.1) is 10.8 Å². The van der Waals surface area contributed by atoms with Crippen LogP contribution in [0.2, 0.25) is 0 Å². The molecular formula is C22H44O8. The molecule has 0 atom stereocenters. The summed E-state index contributed by atoms with van der Waals surface area (Å²) in [6, 6.07) is 0. The number of hydrogen-bond acceptors (Lipinski definition) is 8. The fourth-order valence-electron chi connectivity index (χ4n) is 1.21. The molecule has 0 fully saturated rings. The maximum Gasteiger partial charge on any atom is 0.314 e. The summed E-state index contributed by atoms with van der Waals surface area (Å²) in [6.07, 6.45) is 1.68. The molecule has 0 aliphatic rings. The van der Waals surface area contributed by atoms with Crippen LogP contribution < -0.4 is 0 Å². The van der Waals surface area contributed by atoms with Gasteiger partial charge in [-0.25, -0.2) is 0 Å². The van der Waals surface area contributed by atoms with Crippen molar-refractivity contribution in [2.45, 2.75) is 89.5 Å². The maximum atomic E-state index is 11.4. The average Bonchev–Trinajstić information content (AvgIpc) is 2.64. The molecule has 0 bridgehead atoms. The number of esters is 3. The highest BCUT2D eigenvalue weighted by atomic mass is 16.7. The van der Waals surface area contributed by atoms with Gasteiger partial charge in [-0.1, -0.05) is 35.6 Å². The lowest BCUT2D eigenvalue weighted by molar-refractivity contribution is -0.173. The standard InChI is InChI=1S/2C10H18O4.2CH4/c1-5-10(3,4)9(12)14-7-13-6-8(2)11;1-5-8(11)13-7-14-9(12)10(3,4)6-2;;/h2*5-7H2,1-4H3;2*1H4. The summed E-state index contributed by atoms with van der Waals surface area (Å²) in [5.41, 5.74) is -1.00. The van der Waals surface area contributed by atoms with Crippen molar-refractivity contribution < 1.29 is 38.1 Å². The lowest BCUT2D eigenvalue weighted by Gasteiger charge is -2.19. The van der Waals surface area contributed by atoms with Crippen molar-refractivity contribution in [3.8, 4) is 0 Å². The lowest BCUT2D eigenvalue weighted by atomic mass is 9.91. The number of rotatable bonds is 11. The lowest BCUT2D eigenvalue weighted by Crippen LogP contribution is -2.27. The SMILES string of the molecule is C.C.CCC(=O)OCOC(=O)C(C)(C)CC.CCC(C)(C)C(=O)OCOCC(C)=O. The molecule has 0 aromatic carbocycles. The Morgan fingerprint density at radius 3 is 1.43 bits per heavy atom. The van der Waals surface area contributed by atoms with Crippen molar-refractivity contribution in [2.24, 2.45) is 10.8 Å². The summed E-state index contributed by atoms with van der Waals surface area (Å²) in [5.74, 6) is -1.10. The Morgan fingerprint density at radius 2 is 1.10 bits per heavy atom. The van der Waals surface area contributed by atoms with E-state index >= 15 is 0 Å². The van der Waals surface area contributed by atoms with Crippen LogP contribution in [0.1, 0.15) is 89.5 Å². The van der Waals surface area contributed by atoms with Crippen molar-refractivity contribution in [1.82, 2.24) is 0 Å². The van der Waals surface area contributed by atoms with Crippen LogP contribution in [-0.2, 0) is 38.1 Å². The zero-order valence-corrected chi connectivity index (χ0v) is 18.5. The third-order valence-corrected chi connectivity index (χ3v) is 4.15. The molecule has 0 saturated carbocycles. The van der Waals surface area contributed by atoms with Gasteiger partial charge in [-0.3, -0.25) is 19.2 Å². The molecule has 0 N–H and O–H groups in total. The van der Waals surface area contributed by atoms with Crippen LogP contribution in [0.25, 0.3) is 0 Å². The smallest absolute Gasteiger partial charge is 0.314 e. The highest BCUT2D eigenvalue weighted by molar-refractivity contribution is 5.77. The predicted molar refractivity (Wildman–Crippen MR) is 117 cm³/mol. The van der Waals surface area contributed by atoms with Crippen LogP contribution in [0.3, 0.4) is 0 Å². The number of carbonyl (C=O) groups is 4. The number of carbonyl (C=O) groups excluding carboxylic acids is 4. The molecule has 8 nitrogen and oxygen atoms in total. The first-order chi connectivity index (χ1) is 12.8. The third kappa shape index (κ3) is 16.9. The molecule has 0 rings (SSSR count). The van der Waals surface area contributed by atoms with Crippen molar-refractivity contribution in [3.63, 3.8) is 0 Å². The zero-order valence-electron chi connectivity index (χ0n) is 18.5. The van der Waals surface area contributed by atoms with Gasteiger partial charge in [0.1, 0.15) is 6.61 Å². The molecule has 30 heavy (non-hydrogen) atoms. The minimum absolute atomic E-state index is 0. The fourth-order valence-corrected chi connectivity index (χ4v) is 1.21. The third-order valence-electron chi connectivity index (χ3n) is 4.15. The van der Waals surface area contributed by atoms with E-state index in [1.807, 2.05) is 13.8 Å². The summed E-state index contributed by atoms with van der Waals surface area (Å²) in [7, 11) is 0. The van der Waals surface area contributed by atoms with Crippen molar-refractivity contribution in [2.75, 3.05) is 20.2 Å². The molecule has 0 saturated heterocycles. The average molecular weight is 437 g/mol. The summed E-state index contributed by atoms with van der Waals surface area (Å²) in [4.78, 5) is 43.9. The van der Waals surface area contributed by atoms with Crippen molar-refractivity contribution in [1.29, 1.82) is 0 Å². The summed E-state index contributed by atoms with van der Waals surface area (Å²) in [6.45, 7) is 13.7. The monoisotopic (exact) mass is 436 g/mol. The van der Waals surface area contributed by atoms with Gasteiger partial charge < -0.3 is 18.9 Å². The molecule has 0 radical (unpaired) electrons. The van der Waals surface area contributed by atoms with E-state index < -0.39 is 10.8 Å². The van der Waals surface area contributed by atoms with E-state index in [0.717, 1.165) is 0 Å². The number of Topliss-reactive ketones (excluding diaryl/α,β-unsaturated/α-hetero) is 1. The highest BCUT2D eigenvalue weighted by Crippen LogP contribution is 2.21. The number of ketones is 1. The summed E-state index contributed by atoms with van der Waals surface area (Å²) >= 11 is 0. The quantitative estimate of drug-likeness (QED) is 0.261. The molecule has 0 aromatic rings. The first-order valence-electron chi connectivity index (χ1n) is 9.41. The minimum atomic E-state index is -0.515. The number of hydrogen-bond donors (Lipinski definition) is 0. The molecule has 0 amide bonds. The van der Waals surface area contributed by atoms with Gasteiger partial charge in [-0.15, -0.1) is 0 Å². The first-order valence-corrected chi connectivity index (χ1v) is 9.41. The van der Waals surface area contributed by atoms with Crippen molar-refractivity contribution in [3.05, 3.63) is 0 Å². The van der Waals surface area contributed by atoms with Gasteiger partial charge in [-0.05, 0) is 47.5 Å². The second kappa shape index (κ2) is 17.9. The zero-order chi connectivity index (χ0) is 22.4. The molecule has 0 aromatic heterocycles. The second-order valence-electron chi connectivity index (χ2n) is 7.49. The van der Waals surface area contributed by atoms with Crippen LogP contribution in [0.4, 0.5) is 0 Å². The van der Waals surface area contributed by atoms with Crippen LogP contribution in [-0.4, -0.2) is 43.9 Å². The Balaban J connectivity index is -0.000000211. The van der Waals surface area contributed by atoms with Gasteiger partial charge in [0, 0.05) is 6.42 Å². The largest absolute Gasteiger partial charge is 0.438 e. The first kappa shape index (κ1) is 35.5. The maximum absolute atomic E-state index is 11.4. The molecular weight excluding hydrogens is 392 g/mol. The van der Waals surface area contributed by atoms with E-state index in [-0.39, 0.29) is 65.2 Å². The van der Waals surface area contributed by atoms with Gasteiger partial charge in [0.2, 0.25) is 6.79 Å². The normalized spacial score (nSPS) is 10.3. The topological polar surface area (TPSA) is 105 Å². The van der Waals surface area contributed by atoms with Crippen molar-refractivity contribution >= 4 is 23.7 Å². The van der Waals surface area contributed by atoms with Crippen LogP contribution in [0.5, 0.6) is 0 Å². The summed E-state index contributed by atoms with van der Waals surface area (Å²) in [5, 5.41) is 0.